The van der Waals surface area contributed by atoms with Gasteiger partial charge >= 0.3 is 0 Å². The van der Waals surface area contributed by atoms with Gasteiger partial charge in [0.25, 0.3) is 0 Å². The van der Waals surface area contributed by atoms with Crippen LogP contribution in [0.25, 0.3) is 0 Å². The van der Waals surface area contributed by atoms with Crippen LogP contribution in [0.4, 0.5) is 5.82 Å². The van der Waals surface area contributed by atoms with Crippen LogP contribution in [0, 0.1) is 13.8 Å². The molecule has 2 aromatic rings. The minimum Gasteiger partial charge on any atom is -0.478 e. The lowest BCUT2D eigenvalue weighted by atomic mass is 10.1. The number of rotatable bonds is 7. The predicted octanol–water partition coefficient (Wildman–Crippen LogP) is 2.52. The van der Waals surface area contributed by atoms with Gasteiger partial charge in [-0.1, -0.05) is 5.16 Å². The molecule has 2 aromatic heterocycles. The van der Waals surface area contributed by atoms with Gasteiger partial charge in [0.05, 0.1) is 12.3 Å². The Labute approximate surface area is 118 Å². The highest BCUT2D eigenvalue weighted by atomic mass is 16.5. The highest BCUT2D eigenvalue weighted by Crippen LogP contribution is 2.15. The van der Waals surface area contributed by atoms with Crippen LogP contribution in [-0.2, 0) is 6.42 Å². The van der Waals surface area contributed by atoms with Gasteiger partial charge in [0.1, 0.15) is 17.9 Å². The van der Waals surface area contributed by atoms with E-state index >= 15 is 0 Å². The first-order chi connectivity index (χ1) is 9.70. The van der Waals surface area contributed by atoms with Crippen LogP contribution in [0.3, 0.4) is 0 Å². The molecule has 0 aliphatic heterocycles. The van der Waals surface area contributed by atoms with Crippen LogP contribution in [0.15, 0.2) is 16.9 Å². The van der Waals surface area contributed by atoms with Crippen LogP contribution in [-0.4, -0.2) is 28.3 Å². The normalized spacial score (nSPS) is 10.6. The number of hydrogen-bond donors (Lipinski definition) is 1. The third kappa shape index (κ3) is 3.69. The van der Waals surface area contributed by atoms with Crippen molar-refractivity contribution >= 4 is 5.82 Å². The second-order valence-electron chi connectivity index (χ2n) is 4.51. The summed E-state index contributed by atoms with van der Waals surface area (Å²) in [7, 11) is 0. The largest absolute Gasteiger partial charge is 0.478 e. The van der Waals surface area contributed by atoms with E-state index in [0.717, 1.165) is 36.7 Å². The molecule has 6 heteroatoms. The van der Waals surface area contributed by atoms with Crippen molar-refractivity contribution in [3.05, 3.63) is 29.4 Å². The van der Waals surface area contributed by atoms with E-state index in [9.17, 15) is 0 Å². The summed E-state index contributed by atoms with van der Waals surface area (Å²) >= 11 is 0. The Morgan fingerprint density at radius 3 is 2.85 bits per heavy atom. The molecule has 0 atom stereocenters. The number of anilines is 1. The maximum Gasteiger partial charge on any atom is 0.218 e. The van der Waals surface area contributed by atoms with E-state index in [4.69, 9.17) is 9.26 Å². The van der Waals surface area contributed by atoms with Gasteiger partial charge < -0.3 is 14.6 Å². The molecule has 0 radical (unpaired) electrons. The molecule has 2 heterocycles. The van der Waals surface area contributed by atoms with Gasteiger partial charge in [-0.2, -0.15) is 0 Å². The third-order valence-electron chi connectivity index (χ3n) is 3.03. The first-order valence-corrected chi connectivity index (χ1v) is 6.81. The molecule has 0 saturated heterocycles. The van der Waals surface area contributed by atoms with E-state index in [1.165, 1.54) is 11.9 Å². The quantitative estimate of drug-likeness (QED) is 0.783. The Morgan fingerprint density at radius 2 is 2.15 bits per heavy atom. The van der Waals surface area contributed by atoms with E-state index in [1.807, 2.05) is 20.8 Å². The Bertz CT molecular complexity index is 534. The molecule has 0 fully saturated rings. The van der Waals surface area contributed by atoms with Crippen molar-refractivity contribution in [1.29, 1.82) is 0 Å². The molecule has 0 saturated carbocycles. The Morgan fingerprint density at radius 1 is 1.30 bits per heavy atom. The van der Waals surface area contributed by atoms with Crippen molar-refractivity contribution in [2.45, 2.75) is 33.6 Å². The molecule has 2 rings (SSSR count). The predicted molar refractivity (Wildman–Crippen MR) is 76.0 cm³/mol. The van der Waals surface area contributed by atoms with Crippen LogP contribution in [0.2, 0.25) is 0 Å². The fourth-order valence-corrected chi connectivity index (χ4v) is 2.00. The summed E-state index contributed by atoms with van der Waals surface area (Å²) in [5.74, 6) is 2.28. The van der Waals surface area contributed by atoms with Crippen LogP contribution < -0.4 is 10.1 Å². The molecule has 6 nitrogen and oxygen atoms in total. The molecule has 0 aromatic carbocycles. The lowest BCUT2D eigenvalue weighted by Gasteiger charge is -2.07. The lowest BCUT2D eigenvalue weighted by molar-refractivity contribution is 0.326. The SMILES string of the molecule is CCOc1cc(NCCCc2c(C)noc2C)ncn1. The second kappa shape index (κ2) is 6.88. The summed E-state index contributed by atoms with van der Waals surface area (Å²) in [4.78, 5) is 8.19. The smallest absolute Gasteiger partial charge is 0.218 e. The average Bonchev–Trinajstić information content (AvgIpc) is 2.76. The summed E-state index contributed by atoms with van der Waals surface area (Å²) in [6.07, 6.45) is 3.43. The molecule has 1 N–H and O–H groups in total. The van der Waals surface area contributed by atoms with Crippen LogP contribution >= 0.6 is 0 Å². The van der Waals surface area contributed by atoms with Crippen molar-refractivity contribution in [3.63, 3.8) is 0 Å². The molecular weight excluding hydrogens is 256 g/mol. The van der Waals surface area contributed by atoms with Gasteiger partial charge in [0, 0.05) is 18.2 Å². The van der Waals surface area contributed by atoms with E-state index in [2.05, 4.69) is 20.4 Å². The van der Waals surface area contributed by atoms with Crippen molar-refractivity contribution in [2.24, 2.45) is 0 Å². The monoisotopic (exact) mass is 276 g/mol. The zero-order chi connectivity index (χ0) is 14.4. The molecule has 0 aliphatic carbocycles. The van der Waals surface area contributed by atoms with Gasteiger partial charge in [-0.15, -0.1) is 0 Å². The maximum absolute atomic E-state index is 5.33. The highest BCUT2D eigenvalue weighted by molar-refractivity contribution is 5.36. The van der Waals surface area contributed by atoms with Crippen LogP contribution in [0.1, 0.15) is 30.4 Å². The minimum atomic E-state index is 0.593. The number of aryl methyl sites for hydroxylation is 2. The highest BCUT2D eigenvalue weighted by Gasteiger charge is 2.08. The molecule has 0 aliphatic rings. The summed E-state index contributed by atoms with van der Waals surface area (Å²) in [6, 6.07) is 1.80. The minimum absolute atomic E-state index is 0.593. The summed E-state index contributed by atoms with van der Waals surface area (Å²) < 4.78 is 10.5. The Balaban J connectivity index is 1.80. The van der Waals surface area contributed by atoms with Gasteiger partial charge in [-0.05, 0) is 33.6 Å². The summed E-state index contributed by atoms with van der Waals surface area (Å²) in [6.45, 7) is 7.27. The first-order valence-electron chi connectivity index (χ1n) is 6.81. The lowest BCUT2D eigenvalue weighted by Crippen LogP contribution is -2.06. The molecule has 20 heavy (non-hydrogen) atoms. The zero-order valence-electron chi connectivity index (χ0n) is 12.1. The number of nitrogens with zero attached hydrogens (tertiary/aromatic N) is 3. The fraction of sp³-hybridized carbons (Fsp3) is 0.500. The van der Waals surface area contributed by atoms with Crippen LogP contribution in [0.5, 0.6) is 5.88 Å². The van der Waals surface area contributed by atoms with E-state index in [0.29, 0.717) is 12.5 Å². The number of ether oxygens (including phenoxy) is 1. The number of nitrogens with one attached hydrogen (secondary N) is 1. The molecule has 0 bridgehead atoms. The Hall–Kier alpha value is -2.11. The van der Waals surface area contributed by atoms with Crippen molar-refractivity contribution in [2.75, 3.05) is 18.5 Å². The topological polar surface area (TPSA) is 73.1 Å². The van der Waals surface area contributed by atoms with Crippen molar-refractivity contribution < 1.29 is 9.26 Å². The molecule has 0 amide bonds. The average molecular weight is 276 g/mol. The second-order valence-corrected chi connectivity index (χ2v) is 4.51. The van der Waals surface area contributed by atoms with E-state index < -0.39 is 0 Å². The first kappa shape index (κ1) is 14.3. The van der Waals surface area contributed by atoms with Gasteiger partial charge in [0.15, 0.2) is 0 Å². The van der Waals surface area contributed by atoms with Crippen molar-refractivity contribution in [3.8, 4) is 5.88 Å². The standard InChI is InChI=1S/C14H20N4O2/c1-4-19-14-8-13(16-9-17-14)15-7-5-6-12-10(2)18-20-11(12)3/h8-9H,4-7H2,1-3H3,(H,15,16,17). The molecule has 108 valence electrons. The van der Waals surface area contributed by atoms with E-state index in [-0.39, 0.29) is 0 Å². The zero-order valence-corrected chi connectivity index (χ0v) is 12.1. The third-order valence-corrected chi connectivity index (χ3v) is 3.03. The molecule has 0 spiro atoms. The molecule has 0 unspecified atom stereocenters. The summed E-state index contributed by atoms with van der Waals surface area (Å²) in [5.41, 5.74) is 2.17. The van der Waals surface area contributed by atoms with E-state index in [1.54, 1.807) is 6.07 Å². The van der Waals surface area contributed by atoms with Gasteiger partial charge in [-0.3, -0.25) is 0 Å². The fourth-order valence-electron chi connectivity index (χ4n) is 2.00. The number of aromatic nitrogens is 3. The van der Waals surface area contributed by atoms with Gasteiger partial charge in [-0.25, -0.2) is 9.97 Å². The summed E-state index contributed by atoms with van der Waals surface area (Å²) in [5, 5.41) is 7.22. The van der Waals surface area contributed by atoms with Crippen molar-refractivity contribution in [1.82, 2.24) is 15.1 Å². The Kier molecular flexibility index (Phi) is 4.92. The maximum atomic E-state index is 5.33. The molecular formula is C14H20N4O2. The number of hydrogen-bond acceptors (Lipinski definition) is 6. The van der Waals surface area contributed by atoms with Gasteiger partial charge in [0.2, 0.25) is 5.88 Å².